The molecule has 2 N–H and O–H groups in total. The third-order valence-electron chi connectivity index (χ3n) is 3.93. The second kappa shape index (κ2) is 6.54. The SMILES string of the molecule is Cc1sc(C(=O)Nc2ccccc2O)cc1S(=O)(=O)N1CCCC1. The molecule has 6 nitrogen and oxygen atoms in total. The number of rotatable bonds is 4. The molecule has 1 amide bonds. The predicted octanol–water partition coefficient (Wildman–Crippen LogP) is 2.80. The molecule has 1 aliphatic heterocycles. The van der Waals surface area contributed by atoms with Gasteiger partial charge >= 0.3 is 0 Å². The number of sulfonamides is 1. The van der Waals surface area contributed by atoms with Gasteiger partial charge in [-0.1, -0.05) is 12.1 Å². The van der Waals surface area contributed by atoms with Crippen molar-refractivity contribution in [1.82, 2.24) is 4.31 Å². The van der Waals surface area contributed by atoms with Gasteiger partial charge in [-0.05, 0) is 38.0 Å². The first-order valence-corrected chi connectivity index (χ1v) is 9.85. The maximum absolute atomic E-state index is 12.7. The van der Waals surface area contributed by atoms with Crippen molar-refractivity contribution in [2.45, 2.75) is 24.7 Å². The van der Waals surface area contributed by atoms with E-state index in [4.69, 9.17) is 0 Å². The first-order chi connectivity index (χ1) is 11.4. The molecule has 0 radical (unpaired) electrons. The van der Waals surface area contributed by atoms with E-state index in [2.05, 4.69) is 5.32 Å². The topological polar surface area (TPSA) is 86.7 Å². The number of anilines is 1. The molecule has 0 aliphatic carbocycles. The summed E-state index contributed by atoms with van der Waals surface area (Å²) in [6.45, 7) is 2.75. The summed E-state index contributed by atoms with van der Waals surface area (Å²) in [7, 11) is -3.55. The molecule has 0 atom stereocenters. The van der Waals surface area contributed by atoms with Crippen LogP contribution in [0.4, 0.5) is 5.69 Å². The van der Waals surface area contributed by atoms with Crippen LogP contribution in [0.5, 0.6) is 5.75 Å². The van der Waals surface area contributed by atoms with Crippen LogP contribution in [0.3, 0.4) is 0 Å². The Hall–Kier alpha value is -1.90. The Morgan fingerprint density at radius 1 is 1.25 bits per heavy atom. The predicted molar refractivity (Wildman–Crippen MR) is 93.1 cm³/mol. The van der Waals surface area contributed by atoms with Crippen molar-refractivity contribution < 1.29 is 18.3 Å². The fourth-order valence-corrected chi connectivity index (χ4v) is 5.64. The van der Waals surface area contributed by atoms with Crippen LogP contribution in [0.1, 0.15) is 27.4 Å². The first-order valence-electron chi connectivity index (χ1n) is 7.59. The standard InChI is InChI=1S/C16H18N2O4S2/c1-11-15(24(21,22)18-8-4-5-9-18)10-14(23-11)16(20)17-12-6-2-3-7-13(12)19/h2-3,6-7,10,19H,4-5,8-9H2,1H3,(H,17,20). The lowest BCUT2D eigenvalue weighted by atomic mass is 10.3. The van der Waals surface area contributed by atoms with Gasteiger partial charge in [0.2, 0.25) is 10.0 Å². The fourth-order valence-electron chi connectivity index (χ4n) is 2.66. The number of aryl methyl sites for hydroxylation is 1. The van der Waals surface area contributed by atoms with E-state index in [1.54, 1.807) is 25.1 Å². The highest BCUT2D eigenvalue weighted by Gasteiger charge is 2.30. The van der Waals surface area contributed by atoms with Crippen molar-refractivity contribution in [2.75, 3.05) is 18.4 Å². The quantitative estimate of drug-likeness (QED) is 0.815. The lowest BCUT2D eigenvalue weighted by Crippen LogP contribution is -2.28. The van der Waals surface area contributed by atoms with Gasteiger partial charge in [-0.2, -0.15) is 4.31 Å². The Morgan fingerprint density at radius 3 is 2.58 bits per heavy atom. The highest BCUT2D eigenvalue weighted by molar-refractivity contribution is 7.89. The minimum atomic E-state index is -3.55. The van der Waals surface area contributed by atoms with E-state index in [-0.39, 0.29) is 16.3 Å². The summed E-state index contributed by atoms with van der Waals surface area (Å²) in [6, 6.07) is 7.82. The molecule has 2 aromatic rings. The number of phenolic OH excluding ortho intramolecular Hbond substituents is 1. The molecule has 1 aromatic heterocycles. The number of hydrogen-bond donors (Lipinski definition) is 2. The molecular weight excluding hydrogens is 348 g/mol. The average molecular weight is 366 g/mol. The van der Waals surface area contributed by atoms with E-state index in [0.29, 0.717) is 22.8 Å². The monoisotopic (exact) mass is 366 g/mol. The maximum Gasteiger partial charge on any atom is 0.265 e. The Morgan fingerprint density at radius 2 is 1.92 bits per heavy atom. The first kappa shape index (κ1) is 16.9. The number of benzene rings is 1. The number of carbonyl (C=O) groups excluding carboxylic acids is 1. The molecule has 2 heterocycles. The van der Waals surface area contributed by atoms with E-state index in [1.807, 2.05) is 0 Å². The van der Waals surface area contributed by atoms with Gasteiger partial charge in [0.1, 0.15) is 5.75 Å². The minimum absolute atomic E-state index is 0.0379. The van der Waals surface area contributed by atoms with Crippen LogP contribution >= 0.6 is 11.3 Å². The van der Waals surface area contributed by atoms with Crippen molar-refractivity contribution in [3.63, 3.8) is 0 Å². The molecule has 0 bridgehead atoms. The molecule has 0 saturated carbocycles. The van der Waals surface area contributed by atoms with Crippen molar-refractivity contribution in [3.8, 4) is 5.75 Å². The van der Waals surface area contributed by atoms with E-state index in [0.717, 1.165) is 24.2 Å². The summed E-state index contributed by atoms with van der Waals surface area (Å²) in [5.74, 6) is -0.475. The molecule has 3 rings (SSSR count). The number of nitrogens with zero attached hydrogens (tertiary/aromatic N) is 1. The van der Waals surface area contributed by atoms with E-state index in [1.165, 1.54) is 16.4 Å². The molecule has 1 aromatic carbocycles. The molecule has 1 saturated heterocycles. The van der Waals surface area contributed by atoms with Crippen molar-refractivity contribution in [1.29, 1.82) is 0 Å². The summed E-state index contributed by atoms with van der Waals surface area (Å²) < 4.78 is 26.8. The molecule has 0 unspecified atom stereocenters. The number of nitrogens with one attached hydrogen (secondary N) is 1. The van der Waals surface area contributed by atoms with Gasteiger partial charge in [0.05, 0.1) is 15.5 Å². The Labute approximate surface area is 144 Å². The summed E-state index contributed by atoms with van der Waals surface area (Å²) in [6.07, 6.45) is 1.73. The Bertz CT molecular complexity index is 868. The summed E-state index contributed by atoms with van der Waals surface area (Å²) in [4.78, 5) is 13.4. The number of para-hydroxylation sites is 2. The van der Waals surface area contributed by atoms with Gasteiger partial charge < -0.3 is 10.4 Å². The van der Waals surface area contributed by atoms with Crippen molar-refractivity contribution in [3.05, 3.63) is 40.1 Å². The molecule has 8 heteroatoms. The third-order valence-corrected chi connectivity index (χ3v) is 7.13. The van der Waals surface area contributed by atoms with Crippen molar-refractivity contribution in [2.24, 2.45) is 0 Å². The van der Waals surface area contributed by atoms with Crippen LogP contribution in [0, 0.1) is 6.92 Å². The highest BCUT2D eigenvalue weighted by atomic mass is 32.2. The second-order valence-electron chi connectivity index (χ2n) is 5.61. The number of hydrogen-bond acceptors (Lipinski definition) is 5. The minimum Gasteiger partial charge on any atom is -0.506 e. The van der Waals surface area contributed by atoms with Crippen LogP contribution in [-0.4, -0.2) is 36.8 Å². The lowest BCUT2D eigenvalue weighted by Gasteiger charge is -2.14. The van der Waals surface area contributed by atoms with Crippen LogP contribution in [-0.2, 0) is 10.0 Å². The van der Waals surface area contributed by atoms with Gasteiger partial charge in [-0.25, -0.2) is 8.42 Å². The Balaban J connectivity index is 1.86. The van der Waals surface area contributed by atoms with E-state index < -0.39 is 15.9 Å². The van der Waals surface area contributed by atoms with Crippen LogP contribution in [0.15, 0.2) is 35.2 Å². The number of aromatic hydroxyl groups is 1. The van der Waals surface area contributed by atoms with Gasteiger partial charge in [-0.3, -0.25) is 4.79 Å². The Kier molecular flexibility index (Phi) is 4.62. The molecule has 1 fully saturated rings. The number of phenols is 1. The van der Waals surface area contributed by atoms with Crippen molar-refractivity contribution >= 4 is 33.0 Å². The smallest absolute Gasteiger partial charge is 0.265 e. The molecule has 1 aliphatic rings. The third kappa shape index (κ3) is 3.17. The summed E-state index contributed by atoms with van der Waals surface area (Å²) >= 11 is 1.13. The zero-order valence-electron chi connectivity index (χ0n) is 13.2. The van der Waals surface area contributed by atoms with E-state index in [9.17, 15) is 18.3 Å². The zero-order chi connectivity index (χ0) is 17.3. The summed E-state index contributed by atoms with van der Waals surface area (Å²) in [5, 5.41) is 12.3. The normalized spacial score (nSPS) is 15.5. The number of carbonyl (C=O) groups is 1. The number of thiophene rings is 1. The van der Waals surface area contributed by atoms with Crippen LogP contribution < -0.4 is 5.32 Å². The molecule has 128 valence electrons. The largest absolute Gasteiger partial charge is 0.506 e. The van der Waals surface area contributed by atoms with Gasteiger partial charge in [0.25, 0.3) is 5.91 Å². The van der Waals surface area contributed by atoms with Gasteiger partial charge in [0, 0.05) is 18.0 Å². The van der Waals surface area contributed by atoms with E-state index >= 15 is 0 Å². The summed E-state index contributed by atoms with van der Waals surface area (Å²) in [5.41, 5.74) is 0.289. The van der Waals surface area contributed by atoms with Gasteiger partial charge in [-0.15, -0.1) is 11.3 Å². The molecule has 0 spiro atoms. The number of amides is 1. The van der Waals surface area contributed by atoms with Crippen LogP contribution in [0.2, 0.25) is 0 Å². The molecular formula is C16H18N2O4S2. The second-order valence-corrected chi connectivity index (χ2v) is 8.78. The zero-order valence-corrected chi connectivity index (χ0v) is 14.8. The highest BCUT2D eigenvalue weighted by Crippen LogP contribution is 2.31. The van der Waals surface area contributed by atoms with Crippen LogP contribution in [0.25, 0.3) is 0 Å². The van der Waals surface area contributed by atoms with Gasteiger partial charge in [0.15, 0.2) is 0 Å². The maximum atomic E-state index is 12.7. The fraction of sp³-hybridized carbons (Fsp3) is 0.312. The lowest BCUT2D eigenvalue weighted by molar-refractivity contribution is 0.103. The molecule has 24 heavy (non-hydrogen) atoms. The average Bonchev–Trinajstić information content (AvgIpc) is 3.19.